The molecule has 0 heterocycles. The maximum atomic E-state index is 11.9. The van der Waals surface area contributed by atoms with Crippen molar-refractivity contribution in [1.82, 2.24) is 4.72 Å². The molecular weight excluding hydrogens is 310 g/mol. The van der Waals surface area contributed by atoms with Crippen LogP contribution in [0.5, 0.6) is 0 Å². The number of benzene rings is 2. The van der Waals surface area contributed by atoms with E-state index in [-0.39, 0.29) is 6.61 Å². The summed E-state index contributed by atoms with van der Waals surface area (Å²) in [4.78, 5) is 0. The summed E-state index contributed by atoms with van der Waals surface area (Å²) < 4.78 is 26.4. The Morgan fingerprint density at radius 2 is 1.61 bits per heavy atom. The number of sulfonamides is 1. The third-order valence-corrected chi connectivity index (χ3v) is 4.54. The topological polar surface area (TPSA) is 66.4 Å². The number of aliphatic hydroxyl groups is 1. The van der Waals surface area contributed by atoms with Crippen molar-refractivity contribution in [2.45, 2.75) is 20.0 Å². The fourth-order valence-corrected chi connectivity index (χ4v) is 2.86. The van der Waals surface area contributed by atoms with Crippen molar-refractivity contribution in [2.75, 3.05) is 6.54 Å². The molecule has 0 aliphatic carbocycles. The molecule has 0 aromatic heterocycles. The maximum Gasteiger partial charge on any atom is 0.233 e. The second kappa shape index (κ2) is 8.06. The lowest BCUT2D eigenvalue weighted by Crippen LogP contribution is -2.23. The monoisotopic (exact) mass is 331 g/mol. The van der Waals surface area contributed by atoms with Gasteiger partial charge in [0.15, 0.2) is 0 Å². The van der Waals surface area contributed by atoms with E-state index in [0.29, 0.717) is 13.0 Å². The van der Waals surface area contributed by atoms with E-state index in [2.05, 4.69) is 4.72 Å². The first-order chi connectivity index (χ1) is 11.0. The maximum absolute atomic E-state index is 11.9. The summed E-state index contributed by atoms with van der Waals surface area (Å²) in [6.45, 7) is 2.33. The Bertz CT molecular complexity index is 748. The minimum absolute atomic E-state index is 0.0106. The van der Waals surface area contributed by atoms with Crippen LogP contribution in [0.4, 0.5) is 0 Å². The third-order valence-electron chi connectivity index (χ3n) is 3.44. The zero-order valence-corrected chi connectivity index (χ0v) is 13.9. The average molecular weight is 331 g/mol. The molecule has 0 amide bonds. The van der Waals surface area contributed by atoms with E-state index in [1.54, 1.807) is 6.08 Å². The Hall–Kier alpha value is -1.95. The average Bonchev–Trinajstić information content (AvgIpc) is 2.55. The standard InChI is InChI=1S/C18H21NO3S/c1-15-2-4-17(5-3-15)11-13-23(21,22)19-12-10-16-6-8-18(14-20)9-7-16/h2-9,11,13,19-20H,10,12,14H2,1H3/b13-11+. The van der Waals surface area contributed by atoms with Crippen LogP contribution in [-0.2, 0) is 23.1 Å². The first-order valence-electron chi connectivity index (χ1n) is 7.41. The van der Waals surface area contributed by atoms with Gasteiger partial charge in [-0.1, -0.05) is 54.1 Å². The molecule has 0 saturated heterocycles. The second-order valence-electron chi connectivity index (χ2n) is 5.38. The minimum Gasteiger partial charge on any atom is -0.392 e. The highest BCUT2D eigenvalue weighted by molar-refractivity contribution is 7.92. The molecule has 0 radical (unpaired) electrons. The Kier molecular flexibility index (Phi) is 6.10. The molecule has 4 nitrogen and oxygen atoms in total. The summed E-state index contributed by atoms with van der Waals surface area (Å²) in [6.07, 6.45) is 2.18. The molecule has 122 valence electrons. The van der Waals surface area contributed by atoms with E-state index in [1.807, 2.05) is 55.5 Å². The van der Waals surface area contributed by atoms with Crippen molar-refractivity contribution < 1.29 is 13.5 Å². The number of aliphatic hydroxyl groups excluding tert-OH is 1. The summed E-state index contributed by atoms with van der Waals surface area (Å²) in [7, 11) is -3.44. The fourth-order valence-electron chi connectivity index (χ4n) is 2.04. The zero-order chi connectivity index (χ0) is 16.7. The summed E-state index contributed by atoms with van der Waals surface area (Å²) in [6, 6.07) is 15.1. The predicted octanol–water partition coefficient (Wildman–Crippen LogP) is 2.62. The first kappa shape index (κ1) is 17.4. The molecule has 0 bridgehead atoms. The lowest BCUT2D eigenvalue weighted by atomic mass is 10.1. The fraction of sp³-hybridized carbons (Fsp3) is 0.222. The number of aryl methyl sites for hydroxylation is 1. The van der Waals surface area contributed by atoms with E-state index in [9.17, 15) is 8.42 Å². The van der Waals surface area contributed by atoms with Gasteiger partial charge in [0.05, 0.1) is 6.61 Å². The molecule has 2 N–H and O–H groups in total. The Balaban J connectivity index is 1.86. The summed E-state index contributed by atoms with van der Waals surface area (Å²) in [5.74, 6) is 0. The Labute approximate surface area is 137 Å². The largest absolute Gasteiger partial charge is 0.392 e. The van der Waals surface area contributed by atoms with Crippen molar-refractivity contribution in [3.05, 3.63) is 76.2 Å². The molecule has 5 heteroatoms. The van der Waals surface area contributed by atoms with Gasteiger partial charge in [-0.05, 0) is 36.1 Å². The summed E-state index contributed by atoms with van der Waals surface area (Å²) in [5, 5.41) is 10.2. The lowest BCUT2D eigenvalue weighted by Gasteiger charge is -2.04. The van der Waals surface area contributed by atoms with Gasteiger partial charge in [-0.15, -0.1) is 0 Å². The van der Waals surface area contributed by atoms with Gasteiger partial charge < -0.3 is 5.11 Å². The molecule has 0 fully saturated rings. The molecule has 2 aromatic carbocycles. The number of hydrogen-bond donors (Lipinski definition) is 2. The number of nitrogens with one attached hydrogen (secondary N) is 1. The lowest BCUT2D eigenvalue weighted by molar-refractivity contribution is 0.282. The van der Waals surface area contributed by atoms with Crippen LogP contribution < -0.4 is 4.72 Å². The molecule has 0 spiro atoms. The van der Waals surface area contributed by atoms with Gasteiger partial charge in [0.2, 0.25) is 10.0 Å². The van der Waals surface area contributed by atoms with Gasteiger partial charge in [-0.3, -0.25) is 0 Å². The number of rotatable bonds is 7. The zero-order valence-electron chi connectivity index (χ0n) is 13.1. The predicted molar refractivity (Wildman–Crippen MR) is 93.2 cm³/mol. The van der Waals surface area contributed by atoms with E-state index in [1.165, 1.54) is 5.41 Å². The molecule has 0 saturated carbocycles. The highest BCUT2D eigenvalue weighted by Crippen LogP contribution is 2.07. The van der Waals surface area contributed by atoms with Gasteiger partial charge in [0, 0.05) is 12.0 Å². The smallest absolute Gasteiger partial charge is 0.233 e. The van der Waals surface area contributed by atoms with Crippen molar-refractivity contribution >= 4 is 16.1 Å². The minimum atomic E-state index is -3.44. The second-order valence-corrected chi connectivity index (χ2v) is 7.03. The van der Waals surface area contributed by atoms with Crippen LogP contribution in [0.3, 0.4) is 0 Å². The Morgan fingerprint density at radius 3 is 2.22 bits per heavy atom. The van der Waals surface area contributed by atoms with Gasteiger partial charge in [-0.2, -0.15) is 0 Å². The van der Waals surface area contributed by atoms with Crippen LogP contribution >= 0.6 is 0 Å². The SMILES string of the molecule is Cc1ccc(/C=C/S(=O)(=O)NCCc2ccc(CO)cc2)cc1. The quantitative estimate of drug-likeness (QED) is 0.819. The van der Waals surface area contributed by atoms with Crippen LogP contribution in [0, 0.1) is 6.92 Å². The molecule has 0 aliphatic heterocycles. The van der Waals surface area contributed by atoms with Gasteiger partial charge in [0.1, 0.15) is 0 Å². The molecule has 2 rings (SSSR count). The van der Waals surface area contributed by atoms with E-state index >= 15 is 0 Å². The van der Waals surface area contributed by atoms with Gasteiger partial charge in [-0.25, -0.2) is 13.1 Å². The first-order valence-corrected chi connectivity index (χ1v) is 8.96. The van der Waals surface area contributed by atoms with Crippen molar-refractivity contribution in [1.29, 1.82) is 0 Å². The van der Waals surface area contributed by atoms with Gasteiger partial charge >= 0.3 is 0 Å². The number of hydrogen-bond acceptors (Lipinski definition) is 3. The Morgan fingerprint density at radius 1 is 1.00 bits per heavy atom. The third kappa shape index (κ3) is 5.98. The molecule has 2 aromatic rings. The molecular formula is C18H21NO3S. The van der Waals surface area contributed by atoms with Crippen LogP contribution in [-0.4, -0.2) is 20.1 Å². The molecule has 23 heavy (non-hydrogen) atoms. The van der Waals surface area contributed by atoms with Crippen molar-refractivity contribution in [2.24, 2.45) is 0 Å². The van der Waals surface area contributed by atoms with Crippen LogP contribution in [0.1, 0.15) is 22.3 Å². The van der Waals surface area contributed by atoms with Crippen LogP contribution in [0.25, 0.3) is 6.08 Å². The highest BCUT2D eigenvalue weighted by Gasteiger charge is 2.04. The van der Waals surface area contributed by atoms with E-state index in [0.717, 1.165) is 22.3 Å². The van der Waals surface area contributed by atoms with E-state index < -0.39 is 10.0 Å². The summed E-state index contributed by atoms with van der Waals surface area (Å²) >= 11 is 0. The van der Waals surface area contributed by atoms with Crippen molar-refractivity contribution in [3.63, 3.8) is 0 Å². The van der Waals surface area contributed by atoms with Crippen LogP contribution in [0.2, 0.25) is 0 Å². The molecule has 0 atom stereocenters. The summed E-state index contributed by atoms with van der Waals surface area (Å²) in [5.41, 5.74) is 3.85. The van der Waals surface area contributed by atoms with E-state index in [4.69, 9.17) is 5.11 Å². The van der Waals surface area contributed by atoms with Gasteiger partial charge in [0.25, 0.3) is 0 Å². The molecule has 0 aliphatic rings. The normalized spacial score (nSPS) is 11.9. The van der Waals surface area contributed by atoms with Crippen molar-refractivity contribution in [3.8, 4) is 0 Å². The molecule has 0 unspecified atom stereocenters. The highest BCUT2D eigenvalue weighted by atomic mass is 32.2. The van der Waals surface area contributed by atoms with Crippen LogP contribution in [0.15, 0.2) is 53.9 Å².